The first-order chi connectivity index (χ1) is 23.1. The lowest BCUT2D eigenvalue weighted by Gasteiger charge is -2.36. The Kier molecular flexibility index (Phi) is 12.1. The van der Waals surface area contributed by atoms with Crippen molar-refractivity contribution in [3.05, 3.63) is 65.2 Å². The Bertz CT molecular complexity index is 1430. The van der Waals surface area contributed by atoms with Crippen molar-refractivity contribution in [1.29, 1.82) is 0 Å². The first-order valence-electron chi connectivity index (χ1n) is 17.5. The van der Waals surface area contributed by atoms with Crippen molar-refractivity contribution in [3.8, 4) is 5.75 Å². The van der Waals surface area contributed by atoms with E-state index in [-0.39, 0.29) is 44.1 Å². The van der Waals surface area contributed by atoms with Crippen LogP contribution in [0.15, 0.2) is 48.5 Å². The second-order valence-electron chi connectivity index (χ2n) is 13.5. The molecular formula is C37H50FN5O5. The van der Waals surface area contributed by atoms with Gasteiger partial charge in [-0.3, -0.25) is 19.2 Å². The molecule has 0 spiro atoms. The van der Waals surface area contributed by atoms with E-state index < -0.39 is 35.5 Å². The molecule has 0 aromatic heterocycles. The monoisotopic (exact) mass is 663 g/mol. The molecule has 11 heteroatoms. The summed E-state index contributed by atoms with van der Waals surface area (Å²) in [5, 5.41) is 8.42. The van der Waals surface area contributed by atoms with Gasteiger partial charge in [0.25, 0.3) is 5.91 Å². The van der Waals surface area contributed by atoms with Gasteiger partial charge in [-0.25, -0.2) is 4.39 Å². The number of carbonyl (C=O) groups excluding carboxylic acids is 4. The first kappa shape index (κ1) is 35.3. The Labute approximate surface area is 283 Å². The molecule has 3 N–H and O–H groups in total. The maximum Gasteiger partial charge on any atom is 0.258 e. The molecule has 4 amide bonds. The van der Waals surface area contributed by atoms with Gasteiger partial charge in [0.1, 0.15) is 17.8 Å². The highest BCUT2D eigenvalue weighted by molar-refractivity contribution is 5.96. The van der Waals surface area contributed by atoms with Crippen molar-refractivity contribution in [2.45, 2.75) is 89.5 Å². The van der Waals surface area contributed by atoms with Gasteiger partial charge in [0.05, 0.1) is 13.0 Å². The summed E-state index contributed by atoms with van der Waals surface area (Å²) < 4.78 is 22.1. The molecule has 2 saturated heterocycles. The summed E-state index contributed by atoms with van der Waals surface area (Å²) in [6.07, 6.45) is 3.02. The number of likely N-dealkylation sites (tertiary alicyclic amines) is 1. The zero-order valence-electron chi connectivity index (χ0n) is 28.3. The molecule has 3 aliphatic rings. The highest BCUT2D eigenvalue weighted by atomic mass is 19.1. The van der Waals surface area contributed by atoms with Gasteiger partial charge in [0.2, 0.25) is 17.7 Å². The minimum Gasteiger partial charge on any atom is -0.494 e. The van der Waals surface area contributed by atoms with E-state index in [0.29, 0.717) is 45.0 Å². The van der Waals surface area contributed by atoms with E-state index in [9.17, 15) is 19.2 Å². The molecule has 4 bridgehead atoms. The van der Waals surface area contributed by atoms with Crippen LogP contribution in [0.4, 0.5) is 4.39 Å². The summed E-state index contributed by atoms with van der Waals surface area (Å²) in [7, 11) is 0. The van der Waals surface area contributed by atoms with Crippen molar-refractivity contribution in [1.82, 2.24) is 25.8 Å². The summed E-state index contributed by atoms with van der Waals surface area (Å²) in [6, 6.07) is 13.1. The van der Waals surface area contributed by atoms with Crippen LogP contribution >= 0.6 is 0 Å². The number of aryl methyl sites for hydroxylation is 2. The third-order valence-corrected chi connectivity index (χ3v) is 10.1. The van der Waals surface area contributed by atoms with Gasteiger partial charge >= 0.3 is 0 Å². The van der Waals surface area contributed by atoms with Crippen molar-refractivity contribution < 1.29 is 28.3 Å². The number of ether oxygens (including phenoxy) is 1. The maximum absolute atomic E-state index is 16.0. The Morgan fingerprint density at radius 3 is 2.56 bits per heavy atom. The number of fused-ring (bicyclic) bond motifs is 4. The molecule has 0 aliphatic carbocycles. The van der Waals surface area contributed by atoms with Gasteiger partial charge in [-0.05, 0) is 80.3 Å². The molecule has 5 rings (SSSR count). The molecule has 1 unspecified atom stereocenters. The quantitative estimate of drug-likeness (QED) is 0.436. The second kappa shape index (κ2) is 16.4. The molecular weight excluding hydrogens is 613 g/mol. The summed E-state index contributed by atoms with van der Waals surface area (Å²) in [6.45, 7) is 7.36. The van der Waals surface area contributed by atoms with Crippen LogP contribution < -0.4 is 20.7 Å². The van der Waals surface area contributed by atoms with E-state index in [0.717, 1.165) is 42.5 Å². The number of hydrogen-bond acceptors (Lipinski definition) is 6. The molecule has 2 fully saturated rings. The molecule has 48 heavy (non-hydrogen) atoms. The average Bonchev–Trinajstić information content (AvgIpc) is 3.10. The van der Waals surface area contributed by atoms with Crippen LogP contribution in [0, 0.1) is 12.8 Å². The van der Waals surface area contributed by atoms with Crippen LogP contribution in [0.25, 0.3) is 0 Å². The fraction of sp³-hybridized carbons (Fsp3) is 0.568. The molecule has 0 radical (unpaired) electrons. The molecule has 3 aliphatic heterocycles. The average molecular weight is 664 g/mol. The summed E-state index contributed by atoms with van der Waals surface area (Å²) >= 11 is 0. The Morgan fingerprint density at radius 2 is 1.81 bits per heavy atom. The summed E-state index contributed by atoms with van der Waals surface area (Å²) in [4.78, 5) is 58.6. The molecule has 3 atom stereocenters. The van der Waals surface area contributed by atoms with E-state index in [1.807, 2.05) is 62.4 Å². The SMILES string of the molecule is CCN1CCC(F)(C(=O)N[C@H]2CC(=O)N3CCCC(CCOc4ccc(C)c(c4)CNC(=O)[C@H](CCc4ccccc4)NC2=O)C3)CC1. The van der Waals surface area contributed by atoms with Gasteiger partial charge in [0, 0.05) is 45.6 Å². The Morgan fingerprint density at radius 1 is 1.04 bits per heavy atom. The van der Waals surface area contributed by atoms with E-state index in [2.05, 4.69) is 20.9 Å². The molecule has 3 heterocycles. The van der Waals surface area contributed by atoms with Crippen molar-refractivity contribution in [2.75, 3.05) is 39.3 Å². The maximum atomic E-state index is 16.0. The van der Waals surface area contributed by atoms with Gasteiger partial charge < -0.3 is 30.5 Å². The van der Waals surface area contributed by atoms with Crippen molar-refractivity contribution >= 4 is 23.6 Å². The standard InChI is InChI=1S/C37H50FN5O5/c1-3-42-19-16-37(38,17-20-42)36(47)41-32-23-33(44)43-18-7-10-28(25-43)15-21-48-30-13-11-26(2)29(22-30)24-39-34(45)31(40-35(32)46)14-12-27-8-5-4-6-9-27/h4-6,8-9,11,13,22,28,31-32H,3,7,10,12,14-21,23-25H2,1-2H3,(H,39,45)(H,40,46)(H,41,47)/t28?,31-,32-/m0/s1. The van der Waals surface area contributed by atoms with Gasteiger partial charge in [-0.1, -0.05) is 43.3 Å². The zero-order valence-corrected chi connectivity index (χ0v) is 28.3. The van der Waals surface area contributed by atoms with Crippen LogP contribution in [-0.4, -0.2) is 90.5 Å². The summed E-state index contributed by atoms with van der Waals surface area (Å²) in [5.74, 6) is -1.30. The van der Waals surface area contributed by atoms with Crippen LogP contribution in [0.2, 0.25) is 0 Å². The lowest BCUT2D eigenvalue weighted by atomic mass is 9.91. The summed E-state index contributed by atoms with van der Waals surface area (Å²) in [5.41, 5.74) is 0.749. The normalized spacial score (nSPS) is 24.4. The van der Waals surface area contributed by atoms with E-state index >= 15 is 4.39 Å². The molecule has 260 valence electrons. The number of amides is 4. The van der Waals surface area contributed by atoms with Crippen molar-refractivity contribution in [3.63, 3.8) is 0 Å². The highest BCUT2D eigenvalue weighted by Gasteiger charge is 2.43. The topological polar surface area (TPSA) is 120 Å². The van der Waals surface area contributed by atoms with E-state index in [1.54, 1.807) is 4.90 Å². The van der Waals surface area contributed by atoms with E-state index in [4.69, 9.17) is 4.74 Å². The molecule has 2 aromatic carbocycles. The van der Waals surface area contributed by atoms with E-state index in [1.165, 1.54) is 0 Å². The number of nitrogens with zero attached hydrogens (tertiary/aromatic N) is 2. The highest BCUT2D eigenvalue weighted by Crippen LogP contribution is 2.28. The van der Waals surface area contributed by atoms with Gasteiger partial charge in [-0.2, -0.15) is 0 Å². The third kappa shape index (κ3) is 9.33. The molecule has 10 nitrogen and oxygen atoms in total. The predicted molar refractivity (Wildman–Crippen MR) is 181 cm³/mol. The number of benzene rings is 2. The zero-order chi connectivity index (χ0) is 34.1. The first-order valence-corrected chi connectivity index (χ1v) is 17.5. The van der Waals surface area contributed by atoms with Gasteiger partial charge in [0.15, 0.2) is 5.67 Å². The fourth-order valence-electron chi connectivity index (χ4n) is 6.85. The van der Waals surface area contributed by atoms with Crippen molar-refractivity contribution in [2.24, 2.45) is 5.92 Å². The number of halogens is 1. The van der Waals surface area contributed by atoms with Crippen LogP contribution in [0.3, 0.4) is 0 Å². The molecule has 2 aromatic rings. The number of hydrogen-bond donors (Lipinski definition) is 3. The van der Waals surface area contributed by atoms with Crippen LogP contribution in [-0.2, 0) is 32.1 Å². The lowest BCUT2D eigenvalue weighted by Crippen LogP contribution is -2.59. The second-order valence-corrected chi connectivity index (χ2v) is 13.5. The Balaban J connectivity index is 1.40. The third-order valence-electron chi connectivity index (χ3n) is 10.1. The van der Waals surface area contributed by atoms with Crippen LogP contribution in [0.1, 0.15) is 68.6 Å². The van der Waals surface area contributed by atoms with Crippen LogP contribution in [0.5, 0.6) is 5.75 Å². The number of rotatable bonds is 6. The predicted octanol–water partition coefficient (Wildman–Crippen LogP) is 3.45. The minimum atomic E-state index is -2.15. The number of carbonyl (C=O) groups is 4. The smallest absolute Gasteiger partial charge is 0.258 e. The number of nitrogens with one attached hydrogen (secondary N) is 3. The largest absolute Gasteiger partial charge is 0.494 e. The fourth-order valence-corrected chi connectivity index (χ4v) is 6.85. The minimum absolute atomic E-state index is 0.00750. The number of piperidine rings is 2. The Hall–Kier alpha value is -3.99. The number of alkyl halides is 1. The molecule has 0 saturated carbocycles. The lowest BCUT2D eigenvalue weighted by molar-refractivity contribution is -0.142. The van der Waals surface area contributed by atoms with Gasteiger partial charge in [-0.15, -0.1) is 0 Å².